The summed E-state index contributed by atoms with van der Waals surface area (Å²) in [6.07, 6.45) is 9.26. The zero-order chi connectivity index (χ0) is 42.4. The van der Waals surface area contributed by atoms with E-state index >= 15 is 4.79 Å². The van der Waals surface area contributed by atoms with E-state index < -0.39 is 69.6 Å². The van der Waals surface area contributed by atoms with Gasteiger partial charge in [-0.15, -0.1) is 6.58 Å². The summed E-state index contributed by atoms with van der Waals surface area (Å²) in [5.41, 5.74) is -0.00996. The van der Waals surface area contributed by atoms with Crippen LogP contribution in [0.2, 0.25) is 0 Å². The summed E-state index contributed by atoms with van der Waals surface area (Å²) in [7, 11) is 0.240. The van der Waals surface area contributed by atoms with Gasteiger partial charge in [-0.1, -0.05) is 91.9 Å². The van der Waals surface area contributed by atoms with E-state index in [0.717, 1.165) is 56.3 Å². The maximum Gasteiger partial charge on any atom is 0.315 e. The van der Waals surface area contributed by atoms with Crippen LogP contribution in [0.5, 0.6) is 5.75 Å². The normalized spacial score (nSPS) is 25.0. The second kappa shape index (κ2) is 19.5. The third kappa shape index (κ3) is 11.1. The Labute approximate surface area is 348 Å². The molecule has 5 amide bonds. The van der Waals surface area contributed by atoms with Crippen molar-refractivity contribution >= 4 is 40.5 Å². The Kier molecular flexibility index (Phi) is 15.2. The van der Waals surface area contributed by atoms with Crippen LogP contribution in [-0.4, -0.2) is 99.1 Å². The van der Waals surface area contributed by atoms with Crippen molar-refractivity contribution in [1.29, 1.82) is 0 Å². The fourth-order valence-corrected chi connectivity index (χ4v) is 11.2. The molecule has 1 unspecified atom stereocenters. The average molecular weight is 825 g/mol. The number of carbonyl (C=O) groups is 5. The minimum atomic E-state index is -1.38. The van der Waals surface area contributed by atoms with Crippen LogP contribution < -0.4 is 26.0 Å². The molecule has 2 aliphatic carbocycles. The highest BCUT2D eigenvalue weighted by Gasteiger charge is 2.51. The molecule has 58 heavy (non-hydrogen) atoms. The van der Waals surface area contributed by atoms with Crippen molar-refractivity contribution in [2.45, 2.75) is 142 Å². The minimum absolute atomic E-state index is 0.0473. The summed E-state index contributed by atoms with van der Waals surface area (Å²) in [5, 5.41) is 11.4. The number of hydrogen-bond donors (Lipinski definition) is 4. The molecular formula is C44H68N6O7S. The molecule has 2 heterocycles. The molecule has 0 bridgehead atoms. The number of likely N-dealkylation sites (tertiary alicyclic amines) is 1. The Bertz CT molecular complexity index is 1670. The van der Waals surface area contributed by atoms with Gasteiger partial charge in [0.2, 0.25) is 17.6 Å². The van der Waals surface area contributed by atoms with E-state index in [1.54, 1.807) is 12.0 Å². The van der Waals surface area contributed by atoms with Crippen LogP contribution in [0, 0.1) is 28.6 Å². The van der Waals surface area contributed by atoms with Crippen molar-refractivity contribution in [2.24, 2.45) is 28.6 Å². The standard InChI is InChI=1S/C44H68N6O7S/c1-9-23-45-40(53)36(51)33(26-29-13-14-29)46-39(52)35-32(28(2)3)19-25-50(35)41(54)38(44(7)21-11-10-12-22-44)48-42(55)47-37(43(4,5)6)34-20-24-49(58(34)56)27-30-15-17-31(57-8)18-16-30/h9,15-18,28-29,32-35,37-38H,1,10-14,19-27H2,2-8H3,(H,45,53)(H,46,52)(H2,47,48,55)/t32-,33+,34+,35+,37+,38-,58?/m1/s1. The minimum Gasteiger partial charge on any atom is -0.497 e. The van der Waals surface area contributed by atoms with Gasteiger partial charge >= 0.3 is 6.03 Å². The third-order valence-electron chi connectivity index (χ3n) is 12.9. The fraction of sp³-hybridized carbons (Fsp3) is 0.705. The highest BCUT2D eigenvalue weighted by Crippen LogP contribution is 2.42. The van der Waals surface area contributed by atoms with Gasteiger partial charge in [0, 0.05) is 26.2 Å². The number of ether oxygens (including phenoxy) is 1. The van der Waals surface area contributed by atoms with E-state index in [2.05, 4.69) is 34.8 Å². The average Bonchev–Trinajstić information content (AvgIpc) is 3.78. The van der Waals surface area contributed by atoms with Crippen LogP contribution in [-0.2, 0) is 36.7 Å². The van der Waals surface area contributed by atoms with Gasteiger partial charge in [0.05, 0.1) is 35.4 Å². The topological polar surface area (TPSA) is 166 Å². The molecule has 4 N–H and O–H groups in total. The van der Waals surface area contributed by atoms with E-state index in [1.165, 1.54) is 6.08 Å². The zero-order valence-electron chi connectivity index (χ0n) is 35.8. The molecule has 0 radical (unpaired) electrons. The highest BCUT2D eigenvalue weighted by molar-refractivity contribution is 7.83. The number of ketones is 1. The molecule has 0 spiro atoms. The molecule has 4 aliphatic rings. The van der Waals surface area contributed by atoms with Crippen molar-refractivity contribution in [3.8, 4) is 5.75 Å². The van der Waals surface area contributed by atoms with Gasteiger partial charge in [-0.2, -0.15) is 0 Å². The predicted octanol–water partition coefficient (Wildman–Crippen LogP) is 5.02. The smallest absolute Gasteiger partial charge is 0.315 e. The Hall–Kier alpha value is -3.78. The number of Topliss-reactive ketones (excluding diaryl/α,β-unsaturated/α-hetero) is 1. The second-order valence-electron chi connectivity index (χ2n) is 18.7. The fourth-order valence-electron chi connectivity index (χ4n) is 9.23. The van der Waals surface area contributed by atoms with Gasteiger partial charge in [0.1, 0.15) is 17.8 Å². The lowest BCUT2D eigenvalue weighted by molar-refractivity contribution is -0.145. The van der Waals surface area contributed by atoms with Crippen LogP contribution >= 0.6 is 0 Å². The molecule has 2 saturated carbocycles. The Morgan fingerprint density at radius 1 is 0.966 bits per heavy atom. The van der Waals surface area contributed by atoms with Gasteiger partial charge in [-0.05, 0) is 78.4 Å². The van der Waals surface area contributed by atoms with Crippen molar-refractivity contribution in [2.75, 3.05) is 26.7 Å². The van der Waals surface area contributed by atoms with Crippen molar-refractivity contribution in [3.63, 3.8) is 0 Å². The maximum atomic E-state index is 15.1. The summed E-state index contributed by atoms with van der Waals surface area (Å²) in [5.74, 6) is -1.39. The van der Waals surface area contributed by atoms with Gasteiger partial charge in [0.15, 0.2) is 0 Å². The molecule has 14 heteroatoms. The highest BCUT2D eigenvalue weighted by atomic mass is 32.2. The lowest BCUT2D eigenvalue weighted by atomic mass is 9.70. The van der Waals surface area contributed by atoms with Gasteiger partial charge < -0.3 is 30.9 Å². The summed E-state index contributed by atoms with van der Waals surface area (Å²) >= 11 is 0. The van der Waals surface area contributed by atoms with E-state index in [-0.39, 0.29) is 35.5 Å². The summed E-state index contributed by atoms with van der Waals surface area (Å²) in [6, 6.07) is 3.93. The zero-order valence-corrected chi connectivity index (χ0v) is 36.6. The number of rotatable bonds is 17. The first kappa shape index (κ1) is 45.3. The quantitative estimate of drug-likeness (QED) is 0.127. The molecule has 0 aromatic heterocycles. The van der Waals surface area contributed by atoms with E-state index in [9.17, 15) is 23.4 Å². The molecule has 4 fully saturated rings. The molecule has 2 saturated heterocycles. The first-order valence-electron chi connectivity index (χ1n) is 21.4. The van der Waals surface area contributed by atoms with Crippen LogP contribution in [0.25, 0.3) is 0 Å². The van der Waals surface area contributed by atoms with E-state index in [4.69, 9.17) is 4.74 Å². The molecule has 7 atom stereocenters. The first-order valence-corrected chi connectivity index (χ1v) is 22.5. The molecule has 1 aromatic carbocycles. The first-order chi connectivity index (χ1) is 27.5. The summed E-state index contributed by atoms with van der Waals surface area (Å²) < 4.78 is 21.3. The molecular weight excluding hydrogens is 757 g/mol. The Morgan fingerprint density at radius 2 is 1.64 bits per heavy atom. The molecule has 13 nitrogen and oxygen atoms in total. The third-order valence-corrected chi connectivity index (χ3v) is 14.7. The van der Waals surface area contributed by atoms with Gasteiger partial charge in [-0.3, -0.25) is 19.2 Å². The number of carbonyl (C=O) groups excluding carboxylic acids is 5. The summed E-state index contributed by atoms with van der Waals surface area (Å²) in [4.78, 5) is 71.4. The van der Waals surface area contributed by atoms with Crippen molar-refractivity contribution < 1.29 is 32.9 Å². The van der Waals surface area contributed by atoms with Crippen molar-refractivity contribution in [3.05, 3.63) is 42.5 Å². The number of methoxy groups -OCH3 is 1. The number of amides is 5. The predicted molar refractivity (Wildman–Crippen MR) is 226 cm³/mol. The number of nitrogens with one attached hydrogen (secondary N) is 4. The molecule has 322 valence electrons. The molecule has 2 aliphatic heterocycles. The van der Waals surface area contributed by atoms with Crippen LogP contribution in [0.3, 0.4) is 0 Å². The van der Waals surface area contributed by atoms with Gasteiger partial charge in [0.25, 0.3) is 5.91 Å². The SMILES string of the molecule is C=CCNC(=O)C(=O)[C@H](CC1CC1)NC(=O)[C@@H]1[C@@H](C(C)C)CCN1C(=O)[C@@H](NC(=O)N[C@@H]([C@@H]1CCN(Cc2ccc(OC)cc2)S1=O)C(C)(C)C)C1(C)CCCCC1. The van der Waals surface area contributed by atoms with E-state index in [1.807, 2.05) is 63.2 Å². The largest absolute Gasteiger partial charge is 0.497 e. The summed E-state index contributed by atoms with van der Waals surface area (Å²) in [6.45, 7) is 17.4. The lowest BCUT2D eigenvalue weighted by Crippen LogP contribution is -2.63. The van der Waals surface area contributed by atoms with Crippen LogP contribution in [0.4, 0.5) is 4.79 Å². The number of hydrogen-bond acceptors (Lipinski definition) is 7. The second-order valence-corrected chi connectivity index (χ2v) is 20.4. The maximum absolute atomic E-state index is 15.1. The van der Waals surface area contributed by atoms with Crippen LogP contribution in [0.1, 0.15) is 111 Å². The number of benzene rings is 1. The van der Waals surface area contributed by atoms with Crippen LogP contribution in [0.15, 0.2) is 36.9 Å². The number of urea groups is 1. The molecule has 1 aromatic rings. The molecule has 5 rings (SSSR count). The van der Waals surface area contributed by atoms with Gasteiger partial charge in [-0.25, -0.2) is 13.3 Å². The van der Waals surface area contributed by atoms with Crippen molar-refractivity contribution in [1.82, 2.24) is 30.5 Å². The Morgan fingerprint density at radius 3 is 2.22 bits per heavy atom. The Balaban J connectivity index is 1.36. The van der Waals surface area contributed by atoms with E-state index in [0.29, 0.717) is 38.9 Å². The monoisotopic (exact) mass is 824 g/mol. The lowest BCUT2D eigenvalue weighted by Gasteiger charge is -2.43. The number of nitrogens with zero attached hydrogens (tertiary/aromatic N) is 2.